The normalized spacial score (nSPS) is 11.3. The van der Waals surface area contributed by atoms with E-state index in [9.17, 15) is 13.2 Å². The van der Waals surface area contributed by atoms with Crippen molar-refractivity contribution in [3.8, 4) is 22.6 Å². The topological polar surface area (TPSA) is 86.5 Å². The summed E-state index contributed by atoms with van der Waals surface area (Å²) in [7, 11) is -3.30. The van der Waals surface area contributed by atoms with Crippen LogP contribution in [0.15, 0.2) is 63.9 Å². The molecule has 0 atom stereocenters. The van der Waals surface area contributed by atoms with Gasteiger partial charge in [-0.3, -0.25) is 0 Å². The highest BCUT2D eigenvalue weighted by Crippen LogP contribution is 2.33. The molecule has 0 aliphatic carbocycles. The minimum Gasteiger partial charge on any atom is -0.459 e. The molecule has 0 fully saturated rings. The monoisotopic (exact) mass is 371 g/mol. The SMILES string of the molecule is CCOC(=O)c1nc(-c2ccc(S(C)(=O)=O)cc2)c(-c2ccccc2)o1. The number of sulfone groups is 1. The van der Waals surface area contributed by atoms with E-state index in [1.165, 1.54) is 12.1 Å². The highest BCUT2D eigenvalue weighted by Gasteiger charge is 2.22. The lowest BCUT2D eigenvalue weighted by Gasteiger charge is -2.03. The summed E-state index contributed by atoms with van der Waals surface area (Å²) in [5, 5.41) is 0. The number of rotatable bonds is 5. The second-order valence-electron chi connectivity index (χ2n) is 5.58. The van der Waals surface area contributed by atoms with Crippen molar-refractivity contribution in [2.75, 3.05) is 12.9 Å². The number of aromatic nitrogens is 1. The Morgan fingerprint density at radius 2 is 1.69 bits per heavy atom. The van der Waals surface area contributed by atoms with E-state index in [0.717, 1.165) is 11.8 Å². The molecule has 0 saturated heterocycles. The van der Waals surface area contributed by atoms with Gasteiger partial charge in [0.1, 0.15) is 5.69 Å². The van der Waals surface area contributed by atoms with Crippen molar-refractivity contribution < 1.29 is 22.4 Å². The fourth-order valence-electron chi connectivity index (χ4n) is 2.44. The van der Waals surface area contributed by atoms with E-state index in [1.54, 1.807) is 19.1 Å². The lowest BCUT2D eigenvalue weighted by atomic mass is 10.1. The molecule has 0 aliphatic heterocycles. The second kappa shape index (κ2) is 7.13. The molecule has 7 heteroatoms. The Labute approximate surface area is 151 Å². The molecule has 6 nitrogen and oxygen atoms in total. The minimum absolute atomic E-state index is 0.145. The molecular weight excluding hydrogens is 354 g/mol. The van der Waals surface area contributed by atoms with Crippen molar-refractivity contribution >= 4 is 15.8 Å². The van der Waals surface area contributed by atoms with Crippen molar-refractivity contribution in [2.24, 2.45) is 0 Å². The lowest BCUT2D eigenvalue weighted by molar-refractivity contribution is 0.0482. The number of hydrogen-bond acceptors (Lipinski definition) is 6. The molecule has 134 valence electrons. The van der Waals surface area contributed by atoms with E-state index in [-0.39, 0.29) is 17.4 Å². The Bertz CT molecular complexity index is 1020. The van der Waals surface area contributed by atoms with Crippen molar-refractivity contribution in [3.63, 3.8) is 0 Å². The van der Waals surface area contributed by atoms with Crippen molar-refractivity contribution in [1.82, 2.24) is 4.98 Å². The summed E-state index contributed by atoms with van der Waals surface area (Å²) < 4.78 is 33.9. The summed E-state index contributed by atoms with van der Waals surface area (Å²) in [4.78, 5) is 16.5. The number of hydrogen-bond donors (Lipinski definition) is 0. The number of ether oxygens (including phenoxy) is 1. The molecule has 3 aromatic rings. The molecule has 0 radical (unpaired) electrons. The Kier molecular flexibility index (Phi) is 4.90. The van der Waals surface area contributed by atoms with Crippen LogP contribution in [0.4, 0.5) is 0 Å². The van der Waals surface area contributed by atoms with Crippen LogP contribution in [0.25, 0.3) is 22.6 Å². The van der Waals surface area contributed by atoms with Gasteiger partial charge in [-0.25, -0.2) is 18.2 Å². The van der Waals surface area contributed by atoms with E-state index < -0.39 is 15.8 Å². The average molecular weight is 371 g/mol. The number of nitrogens with zero attached hydrogens (tertiary/aromatic N) is 1. The maximum Gasteiger partial charge on any atom is 0.394 e. The summed E-state index contributed by atoms with van der Waals surface area (Å²) in [5.41, 5.74) is 1.83. The van der Waals surface area contributed by atoms with Gasteiger partial charge in [0.15, 0.2) is 15.6 Å². The van der Waals surface area contributed by atoms with Crippen LogP contribution in [0.1, 0.15) is 17.6 Å². The minimum atomic E-state index is -3.30. The first-order valence-corrected chi connectivity index (χ1v) is 9.83. The molecule has 1 heterocycles. The van der Waals surface area contributed by atoms with Crippen LogP contribution in [-0.4, -0.2) is 32.2 Å². The van der Waals surface area contributed by atoms with Crippen LogP contribution < -0.4 is 0 Å². The van der Waals surface area contributed by atoms with Gasteiger partial charge in [-0.05, 0) is 19.1 Å². The molecule has 1 aromatic heterocycles. The summed E-state index contributed by atoms with van der Waals surface area (Å²) in [5.74, 6) is -0.377. The molecule has 0 bridgehead atoms. The zero-order valence-corrected chi connectivity index (χ0v) is 15.1. The number of esters is 1. The summed E-state index contributed by atoms with van der Waals surface area (Å²) in [6.07, 6.45) is 1.15. The van der Waals surface area contributed by atoms with Gasteiger partial charge in [-0.15, -0.1) is 0 Å². The Morgan fingerprint density at radius 1 is 1.04 bits per heavy atom. The lowest BCUT2D eigenvalue weighted by Crippen LogP contribution is -2.04. The molecule has 2 aromatic carbocycles. The first-order chi connectivity index (χ1) is 12.4. The molecule has 0 aliphatic rings. The van der Waals surface area contributed by atoms with Gasteiger partial charge in [0, 0.05) is 17.4 Å². The zero-order valence-electron chi connectivity index (χ0n) is 14.3. The molecule has 0 unspecified atom stereocenters. The highest BCUT2D eigenvalue weighted by atomic mass is 32.2. The number of carbonyl (C=O) groups is 1. The van der Waals surface area contributed by atoms with E-state index in [4.69, 9.17) is 9.15 Å². The van der Waals surface area contributed by atoms with Crippen LogP contribution >= 0.6 is 0 Å². The van der Waals surface area contributed by atoms with Crippen molar-refractivity contribution in [1.29, 1.82) is 0 Å². The third kappa shape index (κ3) is 3.67. The van der Waals surface area contributed by atoms with Gasteiger partial charge in [0.25, 0.3) is 0 Å². The van der Waals surface area contributed by atoms with Gasteiger partial charge >= 0.3 is 11.9 Å². The third-order valence-corrected chi connectivity index (χ3v) is 4.80. The maximum absolute atomic E-state index is 12.0. The second-order valence-corrected chi connectivity index (χ2v) is 7.60. The number of benzene rings is 2. The van der Waals surface area contributed by atoms with E-state index in [2.05, 4.69) is 4.98 Å². The van der Waals surface area contributed by atoms with Gasteiger partial charge in [0.05, 0.1) is 11.5 Å². The third-order valence-electron chi connectivity index (χ3n) is 3.67. The Hall–Kier alpha value is -2.93. The van der Waals surface area contributed by atoms with Gasteiger partial charge in [-0.2, -0.15) is 0 Å². The highest BCUT2D eigenvalue weighted by molar-refractivity contribution is 7.90. The maximum atomic E-state index is 12.0. The summed E-state index contributed by atoms with van der Waals surface area (Å²) in [6, 6.07) is 15.5. The van der Waals surface area contributed by atoms with E-state index in [1.807, 2.05) is 30.3 Å². The van der Waals surface area contributed by atoms with Gasteiger partial charge < -0.3 is 9.15 Å². The zero-order chi connectivity index (χ0) is 18.7. The van der Waals surface area contributed by atoms with Crippen molar-refractivity contribution in [2.45, 2.75) is 11.8 Å². The predicted molar refractivity (Wildman–Crippen MR) is 96.4 cm³/mol. The Morgan fingerprint density at radius 3 is 2.27 bits per heavy atom. The smallest absolute Gasteiger partial charge is 0.394 e. The van der Waals surface area contributed by atoms with Crippen LogP contribution in [0.5, 0.6) is 0 Å². The first-order valence-electron chi connectivity index (χ1n) is 7.94. The fourth-order valence-corrected chi connectivity index (χ4v) is 3.07. The van der Waals surface area contributed by atoms with Gasteiger partial charge in [0.2, 0.25) is 0 Å². The molecular formula is C19H17NO5S. The standard InChI is InChI=1S/C19H17NO5S/c1-3-24-19(21)18-20-16(17(25-18)14-7-5-4-6-8-14)13-9-11-15(12-10-13)26(2,22)23/h4-12H,3H2,1-2H3. The number of oxazole rings is 1. The Balaban J connectivity index is 2.11. The van der Waals surface area contributed by atoms with Crippen LogP contribution in [0, 0.1) is 0 Å². The molecule has 3 rings (SSSR count). The van der Waals surface area contributed by atoms with E-state index >= 15 is 0 Å². The van der Waals surface area contributed by atoms with Gasteiger partial charge in [-0.1, -0.05) is 42.5 Å². The molecule has 0 amide bonds. The average Bonchev–Trinajstić information content (AvgIpc) is 3.07. The van der Waals surface area contributed by atoms with Crippen LogP contribution in [-0.2, 0) is 14.6 Å². The summed E-state index contributed by atoms with van der Waals surface area (Å²) in [6.45, 7) is 1.91. The predicted octanol–water partition coefficient (Wildman–Crippen LogP) is 3.59. The first kappa shape index (κ1) is 17.9. The molecule has 0 saturated carbocycles. The molecule has 0 N–H and O–H groups in total. The summed E-state index contributed by atoms with van der Waals surface area (Å²) >= 11 is 0. The molecule has 0 spiro atoms. The van der Waals surface area contributed by atoms with Crippen LogP contribution in [0.3, 0.4) is 0 Å². The van der Waals surface area contributed by atoms with E-state index in [0.29, 0.717) is 17.0 Å². The largest absolute Gasteiger partial charge is 0.459 e. The van der Waals surface area contributed by atoms with Crippen LogP contribution in [0.2, 0.25) is 0 Å². The molecule has 26 heavy (non-hydrogen) atoms. The fraction of sp³-hybridized carbons (Fsp3) is 0.158. The quantitative estimate of drug-likeness (QED) is 0.637. The van der Waals surface area contributed by atoms with Crippen molar-refractivity contribution in [3.05, 3.63) is 60.5 Å². The number of carbonyl (C=O) groups excluding carboxylic acids is 1.